The molecule has 0 fully saturated rings. The molecule has 0 bridgehead atoms. The van der Waals surface area contributed by atoms with Gasteiger partial charge in [0.2, 0.25) is 0 Å². The largest absolute Gasteiger partial charge is 0.423 e. The van der Waals surface area contributed by atoms with Gasteiger partial charge in [0.05, 0.1) is 24.4 Å². The van der Waals surface area contributed by atoms with Crippen LogP contribution in [-0.4, -0.2) is 30.5 Å². The first-order valence-corrected chi connectivity index (χ1v) is 10.5. The van der Waals surface area contributed by atoms with Crippen LogP contribution in [0, 0.1) is 19.3 Å². The maximum Gasteiger partial charge on any atom is 0.318 e. The lowest BCUT2D eigenvalue weighted by molar-refractivity contribution is -0.145. The van der Waals surface area contributed by atoms with Crippen LogP contribution in [0.2, 0.25) is 0 Å². The molecule has 3 heterocycles. The van der Waals surface area contributed by atoms with Crippen LogP contribution in [0.15, 0.2) is 30.6 Å². The number of imidazole rings is 1. The Morgan fingerprint density at radius 3 is 2.47 bits per heavy atom. The molecule has 7 nitrogen and oxygen atoms in total. The topological polar surface area (TPSA) is 82.8 Å². The molecule has 0 saturated heterocycles. The van der Waals surface area contributed by atoms with Crippen molar-refractivity contribution >= 4 is 17.1 Å². The Hall–Kier alpha value is -3.09. The zero-order valence-electron chi connectivity index (χ0n) is 18.0. The van der Waals surface area contributed by atoms with E-state index in [9.17, 15) is 4.79 Å². The van der Waals surface area contributed by atoms with E-state index in [1.165, 1.54) is 0 Å². The Balaban J connectivity index is 1.55. The number of ether oxygens (including phenoxy) is 1. The SMILES string of the molecule is CCc1nc2c(C)cc(C)nc2n1Cc1ncc(OC(=O)C2(CC)CC=CC2)cn1. The van der Waals surface area contributed by atoms with Crippen LogP contribution in [0.1, 0.15) is 56.0 Å². The fraction of sp³-hybridized carbons (Fsp3) is 0.435. The number of allylic oxidation sites excluding steroid dienone is 2. The van der Waals surface area contributed by atoms with Crippen molar-refractivity contribution in [3.8, 4) is 5.75 Å². The van der Waals surface area contributed by atoms with Gasteiger partial charge in [-0.15, -0.1) is 0 Å². The number of carbonyl (C=O) groups excluding carboxylic acids is 1. The molecule has 0 saturated carbocycles. The number of nitrogens with zero attached hydrogens (tertiary/aromatic N) is 5. The summed E-state index contributed by atoms with van der Waals surface area (Å²) in [6.07, 6.45) is 10.2. The summed E-state index contributed by atoms with van der Waals surface area (Å²) in [7, 11) is 0. The van der Waals surface area contributed by atoms with Crippen LogP contribution in [0.3, 0.4) is 0 Å². The molecular formula is C23H27N5O2. The maximum absolute atomic E-state index is 12.7. The standard InChI is InChI=1S/C23H27N5O2/c1-5-19-27-20-15(3)11-16(4)26-21(20)28(19)14-18-24-12-17(13-25-18)30-22(29)23(6-2)9-7-8-10-23/h7-8,11-13H,5-6,9-10,14H2,1-4H3. The molecule has 0 radical (unpaired) electrons. The minimum Gasteiger partial charge on any atom is -0.423 e. The molecule has 3 aromatic heterocycles. The number of aryl methyl sites for hydroxylation is 3. The second kappa shape index (κ2) is 7.97. The summed E-state index contributed by atoms with van der Waals surface area (Å²) in [4.78, 5) is 31.0. The molecule has 3 aromatic rings. The van der Waals surface area contributed by atoms with Crippen molar-refractivity contribution in [1.82, 2.24) is 24.5 Å². The lowest BCUT2D eigenvalue weighted by Gasteiger charge is -2.24. The molecule has 30 heavy (non-hydrogen) atoms. The van der Waals surface area contributed by atoms with E-state index < -0.39 is 5.41 Å². The molecule has 0 aromatic carbocycles. The highest BCUT2D eigenvalue weighted by atomic mass is 16.5. The Morgan fingerprint density at radius 1 is 1.13 bits per heavy atom. The summed E-state index contributed by atoms with van der Waals surface area (Å²) in [5, 5.41) is 0. The fourth-order valence-electron chi connectivity index (χ4n) is 4.02. The van der Waals surface area contributed by atoms with E-state index in [1.807, 2.05) is 32.1 Å². The summed E-state index contributed by atoms with van der Waals surface area (Å²) in [6, 6.07) is 2.04. The van der Waals surface area contributed by atoms with E-state index in [2.05, 4.69) is 33.4 Å². The Morgan fingerprint density at radius 2 is 1.83 bits per heavy atom. The highest BCUT2D eigenvalue weighted by Gasteiger charge is 2.39. The molecule has 0 spiro atoms. The number of esters is 1. The van der Waals surface area contributed by atoms with E-state index in [0.717, 1.165) is 53.9 Å². The number of hydrogen-bond donors (Lipinski definition) is 0. The summed E-state index contributed by atoms with van der Waals surface area (Å²) in [5.74, 6) is 1.73. The van der Waals surface area contributed by atoms with Gasteiger partial charge in [-0.25, -0.2) is 19.9 Å². The first-order valence-electron chi connectivity index (χ1n) is 10.5. The van der Waals surface area contributed by atoms with E-state index in [4.69, 9.17) is 9.72 Å². The number of fused-ring (bicyclic) bond motifs is 1. The van der Waals surface area contributed by atoms with Crippen molar-refractivity contribution in [1.29, 1.82) is 0 Å². The third-order valence-corrected chi connectivity index (χ3v) is 5.90. The highest BCUT2D eigenvalue weighted by molar-refractivity contribution is 5.80. The van der Waals surface area contributed by atoms with Gasteiger partial charge in [-0.3, -0.25) is 4.79 Å². The van der Waals surface area contributed by atoms with Crippen molar-refractivity contribution in [2.45, 2.75) is 59.9 Å². The van der Waals surface area contributed by atoms with Crippen molar-refractivity contribution < 1.29 is 9.53 Å². The minimum atomic E-state index is -0.453. The van der Waals surface area contributed by atoms with E-state index in [-0.39, 0.29) is 5.97 Å². The van der Waals surface area contributed by atoms with Crippen LogP contribution in [-0.2, 0) is 17.8 Å². The van der Waals surface area contributed by atoms with Crippen LogP contribution >= 0.6 is 0 Å². The lowest BCUT2D eigenvalue weighted by atomic mass is 9.83. The predicted octanol–water partition coefficient (Wildman–Crippen LogP) is 4.10. The summed E-state index contributed by atoms with van der Waals surface area (Å²) in [5.41, 5.74) is 3.38. The molecule has 0 unspecified atom stereocenters. The smallest absolute Gasteiger partial charge is 0.318 e. The average Bonchev–Trinajstić information content (AvgIpc) is 3.35. The van der Waals surface area contributed by atoms with Gasteiger partial charge in [0.15, 0.2) is 11.4 Å². The van der Waals surface area contributed by atoms with E-state index in [0.29, 0.717) is 18.1 Å². The summed E-state index contributed by atoms with van der Waals surface area (Å²) < 4.78 is 7.66. The molecule has 156 valence electrons. The summed E-state index contributed by atoms with van der Waals surface area (Å²) >= 11 is 0. The predicted molar refractivity (Wildman–Crippen MR) is 114 cm³/mol. The number of carbonyl (C=O) groups is 1. The quantitative estimate of drug-likeness (QED) is 0.453. The van der Waals surface area contributed by atoms with Gasteiger partial charge in [-0.1, -0.05) is 26.0 Å². The number of pyridine rings is 1. The molecule has 0 amide bonds. The van der Waals surface area contributed by atoms with Gasteiger partial charge in [-0.2, -0.15) is 0 Å². The third-order valence-electron chi connectivity index (χ3n) is 5.90. The van der Waals surface area contributed by atoms with Crippen molar-refractivity contribution in [2.75, 3.05) is 0 Å². The molecule has 4 rings (SSSR count). The van der Waals surface area contributed by atoms with Crippen molar-refractivity contribution in [3.05, 3.63) is 53.5 Å². The van der Waals surface area contributed by atoms with Gasteiger partial charge in [0, 0.05) is 12.1 Å². The first-order chi connectivity index (χ1) is 14.5. The summed E-state index contributed by atoms with van der Waals surface area (Å²) in [6.45, 7) is 8.60. The monoisotopic (exact) mass is 405 g/mol. The van der Waals surface area contributed by atoms with Gasteiger partial charge >= 0.3 is 5.97 Å². The molecule has 1 aliphatic rings. The zero-order chi connectivity index (χ0) is 21.3. The Labute approximate surface area is 176 Å². The van der Waals surface area contributed by atoms with Crippen LogP contribution in [0.25, 0.3) is 11.2 Å². The average molecular weight is 406 g/mol. The lowest BCUT2D eigenvalue weighted by Crippen LogP contribution is -2.32. The van der Waals surface area contributed by atoms with E-state index in [1.54, 1.807) is 12.4 Å². The molecule has 0 N–H and O–H groups in total. The maximum atomic E-state index is 12.7. The second-order valence-corrected chi connectivity index (χ2v) is 7.96. The van der Waals surface area contributed by atoms with Gasteiger partial charge in [0.25, 0.3) is 0 Å². The third kappa shape index (κ3) is 3.60. The highest BCUT2D eigenvalue weighted by Crippen LogP contribution is 2.38. The van der Waals surface area contributed by atoms with Crippen LogP contribution in [0.5, 0.6) is 5.75 Å². The number of hydrogen-bond acceptors (Lipinski definition) is 6. The Bertz CT molecular complexity index is 1110. The molecular weight excluding hydrogens is 378 g/mol. The normalized spacial score (nSPS) is 15.1. The minimum absolute atomic E-state index is 0.213. The zero-order valence-corrected chi connectivity index (χ0v) is 18.0. The molecule has 0 atom stereocenters. The number of aromatic nitrogens is 5. The van der Waals surface area contributed by atoms with Gasteiger partial charge in [-0.05, 0) is 44.7 Å². The van der Waals surface area contributed by atoms with Crippen molar-refractivity contribution in [3.63, 3.8) is 0 Å². The number of rotatable bonds is 6. The molecule has 1 aliphatic carbocycles. The van der Waals surface area contributed by atoms with Crippen LogP contribution in [0.4, 0.5) is 0 Å². The fourth-order valence-corrected chi connectivity index (χ4v) is 4.02. The van der Waals surface area contributed by atoms with Crippen molar-refractivity contribution in [2.24, 2.45) is 5.41 Å². The van der Waals surface area contributed by atoms with E-state index >= 15 is 0 Å². The first kappa shape index (κ1) is 20.2. The van der Waals surface area contributed by atoms with Gasteiger partial charge in [0.1, 0.15) is 17.2 Å². The second-order valence-electron chi connectivity index (χ2n) is 7.96. The van der Waals surface area contributed by atoms with Crippen LogP contribution < -0.4 is 4.74 Å². The molecule has 7 heteroatoms. The van der Waals surface area contributed by atoms with Gasteiger partial charge < -0.3 is 9.30 Å². The molecule has 0 aliphatic heterocycles. The Kier molecular flexibility index (Phi) is 5.37.